The zero-order valence-electron chi connectivity index (χ0n) is 18.8. The number of rotatable bonds is 4. The van der Waals surface area contributed by atoms with Crippen LogP contribution in [0.5, 0.6) is 5.75 Å². The number of phenols is 1. The number of ether oxygens (including phenoxy) is 1. The van der Waals surface area contributed by atoms with Crippen LogP contribution in [0.25, 0.3) is 16.8 Å². The number of amides is 1. The van der Waals surface area contributed by atoms with Crippen molar-refractivity contribution in [3.8, 4) is 22.6 Å². The Morgan fingerprint density at radius 3 is 2.58 bits per heavy atom. The number of carbonyl (C=O) groups excluding carboxylic acids is 1. The Balaban J connectivity index is 1.52. The number of likely N-dealkylation sites (tertiary alicyclic amines) is 1. The van der Waals surface area contributed by atoms with Crippen LogP contribution >= 0.6 is 0 Å². The molecule has 0 aliphatic carbocycles. The summed E-state index contributed by atoms with van der Waals surface area (Å²) >= 11 is 0. The first-order valence-corrected chi connectivity index (χ1v) is 10.8. The van der Waals surface area contributed by atoms with Crippen LogP contribution in [0.4, 0.5) is 9.18 Å². The Morgan fingerprint density at radius 1 is 1.21 bits per heavy atom. The van der Waals surface area contributed by atoms with Crippen LogP contribution in [-0.4, -0.2) is 49.6 Å². The maximum absolute atomic E-state index is 15.1. The van der Waals surface area contributed by atoms with E-state index in [0.29, 0.717) is 30.9 Å². The summed E-state index contributed by atoms with van der Waals surface area (Å²) in [5.74, 6) is 0.0489. The third kappa shape index (κ3) is 5.08. The van der Waals surface area contributed by atoms with E-state index in [4.69, 9.17) is 4.74 Å². The first kappa shape index (κ1) is 22.6. The molecule has 8 nitrogen and oxygen atoms in total. The summed E-state index contributed by atoms with van der Waals surface area (Å²) in [5.41, 5.74) is 0.377. The van der Waals surface area contributed by atoms with Gasteiger partial charge in [-0.1, -0.05) is 18.2 Å². The largest absolute Gasteiger partial charge is 0.508 e. The van der Waals surface area contributed by atoms with Gasteiger partial charge in [0, 0.05) is 19.5 Å². The van der Waals surface area contributed by atoms with Crippen LogP contribution in [0, 0.1) is 11.7 Å². The number of nitrogens with zero attached hydrogens (tertiary/aromatic N) is 3. The van der Waals surface area contributed by atoms with Crippen LogP contribution in [0.15, 0.2) is 47.3 Å². The number of hydrogen-bond donors (Lipinski definition) is 2. The van der Waals surface area contributed by atoms with E-state index < -0.39 is 17.1 Å². The molecule has 33 heavy (non-hydrogen) atoms. The van der Waals surface area contributed by atoms with Gasteiger partial charge in [0.1, 0.15) is 23.0 Å². The lowest BCUT2D eigenvalue weighted by Gasteiger charge is -2.24. The monoisotopic (exact) mass is 454 g/mol. The minimum Gasteiger partial charge on any atom is -0.508 e. The summed E-state index contributed by atoms with van der Waals surface area (Å²) < 4.78 is 21.7. The highest BCUT2D eigenvalue weighted by Crippen LogP contribution is 2.27. The highest BCUT2D eigenvalue weighted by atomic mass is 19.1. The van der Waals surface area contributed by atoms with Crippen molar-refractivity contribution in [2.24, 2.45) is 5.92 Å². The highest BCUT2D eigenvalue weighted by molar-refractivity contribution is 5.68. The molecular weight excluding hydrogens is 427 g/mol. The van der Waals surface area contributed by atoms with Crippen molar-refractivity contribution in [2.45, 2.75) is 39.2 Å². The van der Waals surface area contributed by atoms with Crippen molar-refractivity contribution in [3.63, 3.8) is 0 Å². The maximum Gasteiger partial charge on any atom is 0.410 e. The van der Waals surface area contributed by atoms with E-state index in [1.165, 1.54) is 22.8 Å². The average Bonchev–Trinajstić information content (AvgIpc) is 3.35. The van der Waals surface area contributed by atoms with Crippen molar-refractivity contribution in [1.82, 2.24) is 19.7 Å². The molecule has 2 aromatic carbocycles. The molecule has 1 atom stereocenters. The van der Waals surface area contributed by atoms with E-state index in [1.54, 1.807) is 29.2 Å². The molecule has 1 aliphatic heterocycles. The third-order valence-corrected chi connectivity index (χ3v) is 5.54. The number of H-pyrrole nitrogens is 1. The van der Waals surface area contributed by atoms with E-state index in [2.05, 4.69) is 10.2 Å². The molecule has 2 N–H and O–H groups in total. The Morgan fingerprint density at radius 2 is 1.91 bits per heavy atom. The first-order valence-electron chi connectivity index (χ1n) is 10.8. The van der Waals surface area contributed by atoms with Crippen molar-refractivity contribution in [1.29, 1.82) is 0 Å². The standard InChI is InChI=1S/C24H27FN4O4/c1-24(2,3)33-23(32)28-11-10-15(14-28)12-21-26-27-22(31)29(21)20-9-6-17(13-19(20)25)16-4-7-18(30)8-5-16/h4-9,13,15,30H,10-12,14H2,1-3H3,(H,27,31)/t15-/m0/s1. The van der Waals surface area contributed by atoms with Gasteiger partial charge in [-0.25, -0.2) is 23.6 Å². The average molecular weight is 455 g/mol. The molecule has 1 aliphatic rings. The maximum atomic E-state index is 15.1. The van der Waals surface area contributed by atoms with Gasteiger partial charge in [-0.2, -0.15) is 5.10 Å². The van der Waals surface area contributed by atoms with Crippen LogP contribution in [0.2, 0.25) is 0 Å². The van der Waals surface area contributed by atoms with Gasteiger partial charge >= 0.3 is 11.8 Å². The molecular formula is C24H27FN4O4. The number of aromatic nitrogens is 3. The second-order valence-electron chi connectivity index (χ2n) is 9.28. The number of hydrogen-bond acceptors (Lipinski definition) is 5. The fraction of sp³-hybridized carbons (Fsp3) is 0.375. The van der Waals surface area contributed by atoms with E-state index in [1.807, 2.05) is 20.8 Å². The predicted octanol–water partition coefficient (Wildman–Crippen LogP) is 3.87. The molecule has 1 aromatic heterocycles. The Kier molecular flexibility index (Phi) is 5.97. The zero-order chi connectivity index (χ0) is 23.8. The summed E-state index contributed by atoms with van der Waals surface area (Å²) in [7, 11) is 0. The van der Waals surface area contributed by atoms with Crippen LogP contribution in [0.1, 0.15) is 33.0 Å². The molecule has 174 valence electrons. The quantitative estimate of drug-likeness (QED) is 0.623. The Hall–Kier alpha value is -3.62. The SMILES string of the molecule is CC(C)(C)OC(=O)N1CC[C@@H](Cc2n[nH]c(=O)n2-c2ccc(-c3ccc(O)cc3)cc2F)C1. The lowest BCUT2D eigenvalue weighted by molar-refractivity contribution is 0.0288. The summed E-state index contributed by atoms with van der Waals surface area (Å²) in [5, 5.41) is 16.0. The van der Waals surface area contributed by atoms with Crippen LogP contribution in [0.3, 0.4) is 0 Å². The smallest absolute Gasteiger partial charge is 0.410 e. The molecule has 9 heteroatoms. The molecule has 0 bridgehead atoms. The number of phenolic OH excluding ortho intramolecular Hbond substituents is 1. The van der Waals surface area contributed by atoms with Crippen molar-refractivity contribution in [3.05, 3.63) is 64.6 Å². The number of benzene rings is 2. The van der Waals surface area contributed by atoms with Gasteiger partial charge in [-0.15, -0.1) is 0 Å². The number of halogens is 1. The first-order chi connectivity index (χ1) is 15.6. The zero-order valence-corrected chi connectivity index (χ0v) is 18.8. The number of aromatic amines is 1. The van der Waals surface area contributed by atoms with E-state index in [0.717, 1.165) is 12.0 Å². The van der Waals surface area contributed by atoms with Gasteiger partial charge in [-0.3, -0.25) is 0 Å². The van der Waals surface area contributed by atoms with Gasteiger partial charge in [0.2, 0.25) is 0 Å². The summed E-state index contributed by atoms with van der Waals surface area (Å²) in [6.45, 7) is 6.51. The minimum absolute atomic E-state index is 0.0748. The predicted molar refractivity (Wildman–Crippen MR) is 121 cm³/mol. The van der Waals surface area contributed by atoms with Crippen LogP contribution < -0.4 is 5.69 Å². The van der Waals surface area contributed by atoms with E-state index in [9.17, 15) is 14.7 Å². The molecule has 1 amide bonds. The Bertz CT molecular complexity index is 1210. The number of nitrogens with one attached hydrogen (secondary N) is 1. The van der Waals surface area contributed by atoms with Crippen LogP contribution in [-0.2, 0) is 11.2 Å². The highest BCUT2D eigenvalue weighted by Gasteiger charge is 2.31. The molecule has 0 unspecified atom stereocenters. The summed E-state index contributed by atoms with van der Waals surface area (Å²) in [6, 6.07) is 11.0. The lowest BCUT2D eigenvalue weighted by Crippen LogP contribution is -2.35. The van der Waals surface area contributed by atoms with Crippen molar-refractivity contribution >= 4 is 6.09 Å². The third-order valence-electron chi connectivity index (χ3n) is 5.54. The molecule has 0 radical (unpaired) electrons. The molecule has 2 heterocycles. The summed E-state index contributed by atoms with van der Waals surface area (Å²) in [4.78, 5) is 26.4. The number of aromatic hydroxyl groups is 1. The minimum atomic E-state index is -0.568. The fourth-order valence-corrected chi connectivity index (χ4v) is 3.99. The number of carbonyl (C=O) groups is 1. The van der Waals surface area contributed by atoms with Gasteiger partial charge < -0.3 is 14.7 Å². The van der Waals surface area contributed by atoms with Gasteiger partial charge in [0.15, 0.2) is 0 Å². The second-order valence-corrected chi connectivity index (χ2v) is 9.28. The van der Waals surface area contributed by atoms with Gasteiger partial charge in [0.25, 0.3) is 0 Å². The molecule has 1 saturated heterocycles. The van der Waals surface area contributed by atoms with Crippen molar-refractivity contribution in [2.75, 3.05) is 13.1 Å². The molecule has 0 spiro atoms. The lowest BCUT2D eigenvalue weighted by atomic mass is 10.0. The van der Waals surface area contributed by atoms with Gasteiger partial charge in [-0.05, 0) is 68.5 Å². The normalized spacial score (nSPS) is 16.2. The van der Waals surface area contributed by atoms with Crippen molar-refractivity contribution < 1.29 is 19.0 Å². The molecule has 3 aromatic rings. The fourth-order valence-electron chi connectivity index (χ4n) is 3.99. The Labute approximate surface area is 190 Å². The molecule has 1 fully saturated rings. The second kappa shape index (κ2) is 8.73. The summed E-state index contributed by atoms with van der Waals surface area (Å²) in [6.07, 6.45) is 0.792. The molecule has 0 saturated carbocycles. The molecule has 4 rings (SSSR count). The van der Waals surface area contributed by atoms with E-state index >= 15 is 4.39 Å². The van der Waals surface area contributed by atoms with E-state index in [-0.39, 0.29) is 23.4 Å². The topological polar surface area (TPSA) is 100 Å². The van der Waals surface area contributed by atoms with Gasteiger partial charge in [0.05, 0.1) is 5.69 Å².